The van der Waals surface area contributed by atoms with Gasteiger partial charge in [-0.05, 0) is 31.9 Å². The number of carboxylic acids is 1. The van der Waals surface area contributed by atoms with E-state index in [4.69, 9.17) is 9.90 Å². The van der Waals surface area contributed by atoms with E-state index in [9.17, 15) is 18.0 Å². The summed E-state index contributed by atoms with van der Waals surface area (Å²) in [6, 6.07) is 5.32. The second kappa shape index (κ2) is 8.80. The van der Waals surface area contributed by atoms with Crippen LogP contribution in [0.25, 0.3) is 0 Å². The summed E-state index contributed by atoms with van der Waals surface area (Å²) in [6.45, 7) is 5.14. The van der Waals surface area contributed by atoms with Crippen molar-refractivity contribution >= 4 is 34.6 Å². The van der Waals surface area contributed by atoms with E-state index in [0.29, 0.717) is 17.8 Å². The highest BCUT2D eigenvalue weighted by Gasteiger charge is 2.44. The Kier molecular flexibility index (Phi) is 6.59. The van der Waals surface area contributed by atoms with Gasteiger partial charge in [0.25, 0.3) is 5.91 Å². The molecule has 29 heavy (non-hydrogen) atoms. The fourth-order valence-corrected chi connectivity index (χ4v) is 5.20. The molecule has 2 aromatic rings. The molecular weight excluding hydrogens is 427 g/mol. The zero-order chi connectivity index (χ0) is 21.2. The number of aryl methyl sites for hydroxylation is 1. The molecule has 1 amide bonds. The van der Waals surface area contributed by atoms with Gasteiger partial charge in [-0.1, -0.05) is 0 Å². The number of carbonyl (C=O) groups is 2. The van der Waals surface area contributed by atoms with Crippen LogP contribution in [0.4, 0.5) is 13.2 Å². The number of thiophene rings is 1. The van der Waals surface area contributed by atoms with E-state index >= 15 is 0 Å². The molecule has 158 valence electrons. The van der Waals surface area contributed by atoms with Crippen LogP contribution in [0.2, 0.25) is 0 Å². The van der Waals surface area contributed by atoms with Crippen molar-refractivity contribution in [1.82, 2.24) is 14.8 Å². The maximum Gasteiger partial charge on any atom is 0.490 e. The summed E-state index contributed by atoms with van der Waals surface area (Å²) in [7, 11) is 0. The molecule has 2 saturated heterocycles. The van der Waals surface area contributed by atoms with Crippen LogP contribution in [-0.4, -0.2) is 63.1 Å². The van der Waals surface area contributed by atoms with E-state index in [1.54, 1.807) is 5.51 Å². The number of thiazole rings is 1. The molecule has 2 aliphatic rings. The summed E-state index contributed by atoms with van der Waals surface area (Å²) in [6.07, 6.45) is -2.91. The molecule has 4 rings (SSSR count). The third kappa shape index (κ3) is 5.14. The molecule has 2 fully saturated rings. The van der Waals surface area contributed by atoms with Gasteiger partial charge in [0.15, 0.2) is 0 Å². The Morgan fingerprint density at radius 1 is 1.24 bits per heavy atom. The van der Waals surface area contributed by atoms with E-state index in [-0.39, 0.29) is 5.91 Å². The van der Waals surface area contributed by atoms with Gasteiger partial charge in [-0.15, -0.1) is 22.7 Å². The largest absolute Gasteiger partial charge is 0.490 e. The highest BCUT2D eigenvalue weighted by molar-refractivity contribution is 7.11. The van der Waals surface area contributed by atoms with Crippen LogP contribution in [0, 0.1) is 6.92 Å². The number of fused-ring (bicyclic) bond motifs is 1. The summed E-state index contributed by atoms with van der Waals surface area (Å²) in [4.78, 5) is 33.1. The molecule has 0 aliphatic carbocycles. The van der Waals surface area contributed by atoms with E-state index in [1.165, 1.54) is 21.1 Å². The number of halogens is 3. The predicted octanol–water partition coefficient (Wildman–Crippen LogP) is 3.64. The number of hydrogen-bond acceptors (Lipinski definition) is 6. The van der Waals surface area contributed by atoms with Gasteiger partial charge in [0.1, 0.15) is 5.69 Å². The molecule has 1 N–H and O–H groups in total. The van der Waals surface area contributed by atoms with Gasteiger partial charge in [-0.25, -0.2) is 9.78 Å². The minimum absolute atomic E-state index is 0.113. The number of carbonyl (C=O) groups excluding carboxylic acids is 1. The number of rotatable bonds is 3. The lowest BCUT2D eigenvalue weighted by molar-refractivity contribution is -0.192. The smallest absolute Gasteiger partial charge is 0.475 e. The minimum Gasteiger partial charge on any atom is -0.475 e. The Labute approximate surface area is 173 Å². The van der Waals surface area contributed by atoms with E-state index < -0.39 is 12.1 Å². The van der Waals surface area contributed by atoms with E-state index in [1.807, 2.05) is 16.7 Å². The van der Waals surface area contributed by atoms with Crippen molar-refractivity contribution in [2.75, 3.05) is 13.1 Å². The van der Waals surface area contributed by atoms with Crippen LogP contribution in [-0.2, 0) is 11.3 Å². The first kappa shape index (κ1) is 21.7. The Hall–Kier alpha value is -1.98. The van der Waals surface area contributed by atoms with Crippen LogP contribution in [0.5, 0.6) is 0 Å². The molecule has 0 radical (unpaired) electrons. The summed E-state index contributed by atoms with van der Waals surface area (Å²) >= 11 is 3.37. The molecule has 11 heteroatoms. The standard InChI is InChI=1S/C16H19N3OS2.C2HF3O2/c1-11-2-3-12(22-11)8-18-6-4-15-14(18)5-7-19(15)16(20)13-9-21-10-17-13;3-2(4,5)1(6)7/h2-3,9-10,14-15H,4-8H2,1H3;(H,6,7)/t14-,15+;/m1./s1. The molecule has 0 spiro atoms. The molecule has 2 atom stereocenters. The van der Waals surface area contributed by atoms with E-state index in [0.717, 1.165) is 32.5 Å². The Bertz CT molecular complexity index is 854. The molecule has 0 unspecified atom stereocenters. The summed E-state index contributed by atoms with van der Waals surface area (Å²) in [5.74, 6) is -2.64. The second-order valence-electron chi connectivity index (χ2n) is 6.87. The topological polar surface area (TPSA) is 73.7 Å². The van der Waals surface area contributed by atoms with Crippen LogP contribution >= 0.6 is 22.7 Å². The predicted molar refractivity (Wildman–Crippen MR) is 103 cm³/mol. The van der Waals surface area contributed by atoms with Crippen molar-refractivity contribution in [1.29, 1.82) is 0 Å². The van der Waals surface area contributed by atoms with Gasteiger partial charge in [0.2, 0.25) is 0 Å². The van der Waals surface area contributed by atoms with Gasteiger partial charge in [-0.3, -0.25) is 9.69 Å². The van der Waals surface area contributed by atoms with Crippen molar-refractivity contribution in [3.05, 3.63) is 38.5 Å². The first-order chi connectivity index (χ1) is 13.7. The highest BCUT2D eigenvalue weighted by atomic mass is 32.1. The fourth-order valence-electron chi connectivity index (χ4n) is 3.76. The average Bonchev–Trinajstić information content (AvgIpc) is 3.40. The second-order valence-corrected chi connectivity index (χ2v) is 8.96. The van der Waals surface area contributed by atoms with Crippen LogP contribution < -0.4 is 0 Å². The number of nitrogens with zero attached hydrogens (tertiary/aromatic N) is 3. The molecule has 0 bridgehead atoms. The number of aromatic nitrogens is 1. The van der Waals surface area contributed by atoms with Crippen molar-refractivity contribution < 1.29 is 27.9 Å². The Morgan fingerprint density at radius 3 is 2.48 bits per heavy atom. The molecular formula is C18H20F3N3O3S2. The number of aliphatic carboxylic acids is 1. The SMILES string of the molecule is Cc1ccc(CN2CC[C@H]3[C@H]2CCN3C(=O)c2cscn2)s1.O=C(O)C(F)(F)F. The van der Waals surface area contributed by atoms with Crippen LogP contribution in [0.15, 0.2) is 23.0 Å². The Balaban J connectivity index is 0.000000298. The first-order valence-corrected chi connectivity index (χ1v) is 10.7. The van der Waals surface area contributed by atoms with Crippen molar-refractivity contribution in [2.45, 2.75) is 44.6 Å². The van der Waals surface area contributed by atoms with Crippen molar-refractivity contribution in [3.63, 3.8) is 0 Å². The summed E-state index contributed by atoms with van der Waals surface area (Å²) in [5.41, 5.74) is 2.35. The lowest BCUT2D eigenvalue weighted by atomic mass is 10.1. The van der Waals surface area contributed by atoms with Gasteiger partial charge in [0.05, 0.1) is 5.51 Å². The number of amides is 1. The zero-order valence-electron chi connectivity index (χ0n) is 15.6. The quantitative estimate of drug-likeness (QED) is 0.778. The number of likely N-dealkylation sites (tertiary alicyclic amines) is 2. The third-order valence-corrected chi connectivity index (χ3v) is 6.57. The van der Waals surface area contributed by atoms with Crippen molar-refractivity contribution in [3.8, 4) is 0 Å². The number of hydrogen-bond donors (Lipinski definition) is 1. The molecule has 0 saturated carbocycles. The molecule has 0 aromatic carbocycles. The lowest BCUT2D eigenvalue weighted by Crippen LogP contribution is -2.39. The summed E-state index contributed by atoms with van der Waals surface area (Å²) < 4.78 is 31.7. The zero-order valence-corrected chi connectivity index (χ0v) is 17.2. The van der Waals surface area contributed by atoms with Gasteiger partial charge in [0, 0.05) is 46.9 Å². The van der Waals surface area contributed by atoms with Gasteiger partial charge in [-0.2, -0.15) is 13.2 Å². The molecule has 2 aliphatic heterocycles. The maximum absolute atomic E-state index is 12.6. The molecule has 6 nitrogen and oxygen atoms in total. The maximum atomic E-state index is 12.6. The van der Waals surface area contributed by atoms with Gasteiger partial charge >= 0.3 is 12.1 Å². The average molecular weight is 448 g/mol. The third-order valence-electron chi connectivity index (χ3n) is 5.00. The van der Waals surface area contributed by atoms with Crippen molar-refractivity contribution in [2.24, 2.45) is 0 Å². The van der Waals surface area contributed by atoms with Crippen LogP contribution in [0.1, 0.15) is 33.1 Å². The van der Waals surface area contributed by atoms with Gasteiger partial charge < -0.3 is 10.0 Å². The molecule has 2 aromatic heterocycles. The van der Waals surface area contributed by atoms with E-state index in [2.05, 4.69) is 33.8 Å². The highest BCUT2D eigenvalue weighted by Crippen LogP contribution is 2.34. The lowest BCUT2D eigenvalue weighted by Gasteiger charge is -2.25. The summed E-state index contributed by atoms with van der Waals surface area (Å²) in [5, 5.41) is 8.98. The molecule has 4 heterocycles. The minimum atomic E-state index is -5.08. The first-order valence-electron chi connectivity index (χ1n) is 8.95. The fraction of sp³-hybridized carbons (Fsp3) is 0.500. The monoisotopic (exact) mass is 447 g/mol. The number of alkyl halides is 3. The number of carboxylic acid groups (broad SMARTS) is 1. The normalized spacial score (nSPS) is 21.6. The van der Waals surface area contributed by atoms with Crippen LogP contribution in [0.3, 0.4) is 0 Å². The Morgan fingerprint density at radius 2 is 1.93 bits per heavy atom.